The van der Waals surface area contributed by atoms with E-state index >= 15 is 0 Å². The molecule has 0 saturated carbocycles. The maximum atomic E-state index is 12.3. The molecule has 1 fully saturated rings. The van der Waals surface area contributed by atoms with E-state index in [0.29, 0.717) is 13.1 Å². The van der Waals surface area contributed by atoms with E-state index in [9.17, 15) is 14.4 Å². The highest BCUT2D eigenvalue weighted by molar-refractivity contribution is 5.95. The maximum absolute atomic E-state index is 12.3. The van der Waals surface area contributed by atoms with Gasteiger partial charge in [-0.2, -0.15) is 5.10 Å². The molecule has 2 amide bonds. The van der Waals surface area contributed by atoms with Crippen LogP contribution >= 0.6 is 0 Å². The van der Waals surface area contributed by atoms with Crippen LogP contribution in [0, 0.1) is 0 Å². The number of benzene rings is 1. The molecule has 0 spiro atoms. The van der Waals surface area contributed by atoms with Crippen LogP contribution in [0.5, 0.6) is 0 Å². The van der Waals surface area contributed by atoms with Crippen molar-refractivity contribution in [3.05, 3.63) is 42.1 Å². The molecular weight excluding hydrogens is 350 g/mol. The highest BCUT2D eigenvalue weighted by Crippen LogP contribution is 2.16. The normalized spacial score (nSPS) is 16.6. The van der Waals surface area contributed by atoms with Crippen LogP contribution in [-0.4, -0.2) is 72.2 Å². The van der Waals surface area contributed by atoms with Crippen molar-refractivity contribution in [1.29, 1.82) is 0 Å². The van der Waals surface area contributed by atoms with Gasteiger partial charge in [-0.3, -0.25) is 19.5 Å². The van der Waals surface area contributed by atoms with Crippen LogP contribution in [0.1, 0.15) is 10.5 Å². The van der Waals surface area contributed by atoms with Crippen molar-refractivity contribution < 1.29 is 19.1 Å². The zero-order chi connectivity index (χ0) is 19.2. The quantitative estimate of drug-likeness (QED) is 0.626. The molecule has 142 valence electrons. The Labute approximate surface area is 156 Å². The summed E-state index contributed by atoms with van der Waals surface area (Å²) in [5.74, 6) is -1.12. The first-order chi connectivity index (χ1) is 13.1. The molecule has 1 saturated heterocycles. The van der Waals surface area contributed by atoms with Crippen molar-refractivity contribution in [2.75, 3.05) is 33.3 Å². The molecule has 3 N–H and O–H groups in total. The van der Waals surface area contributed by atoms with Crippen LogP contribution in [0.3, 0.4) is 0 Å². The SMILES string of the molecule is COC(=O)C1CN(C(=O)CNC(=O)c2cc(-c3ccccc3)[nH]n2)CCN1. The number of nitrogens with one attached hydrogen (secondary N) is 3. The zero-order valence-electron chi connectivity index (χ0n) is 14.9. The van der Waals surface area contributed by atoms with Crippen molar-refractivity contribution in [3.63, 3.8) is 0 Å². The van der Waals surface area contributed by atoms with E-state index < -0.39 is 17.9 Å². The number of aromatic nitrogens is 2. The van der Waals surface area contributed by atoms with Crippen LogP contribution in [-0.2, 0) is 14.3 Å². The van der Waals surface area contributed by atoms with E-state index in [4.69, 9.17) is 4.74 Å². The molecule has 9 nitrogen and oxygen atoms in total. The number of amides is 2. The Morgan fingerprint density at radius 2 is 2.07 bits per heavy atom. The van der Waals surface area contributed by atoms with Gasteiger partial charge in [-0.25, -0.2) is 0 Å². The summed E-state index contributed by atoms with van der Waals surface area (Å²) < 4.78 is 4.69. The molecule has 0 bridgehead atoms. The maximum Gasteiger partial charge on any atom is 0.324 e. The molecule has 1 unspecified atom stereocenters. The fourth-order valence-electron chi connectivity index (χ4n) is 2.84. The summed E-state index contributed by atoms with van der Waals surface area (Å²) in [6.45, 7) is 0.990. The van der Waals surface area contributed by atoms with Gasteiger partial charge < -0.3 is 20.3 Å². The van der Waals surface area contributed by atoms with E-state index in [0.717, 1.165) is 11.3 Å². The van der Waals surface area contributed by atoms with E-state index in [-0.39, 0.29) is 24.7 Å². The highest BCUT2D eigenvalue weighted by atomic mass is 16.5. The summed E-state index contributed by atoms with van der Waals surface area (Å²) in [5.41, 5.74) is 1.83. The average Bonchev–Trinajstić information content (AvgIpc) is 3.22. The van der Waals surface area contributed by atoms with Crippen LogP contribution in [0.25, 0.3) is 11.3 Å². The second kappa shape index (κ2) is 8.45. The number of carbonyl (C=O) groups excluding carboxylic acids is 3. The number of aromatic amines is 1. The van der Waals surface area contributed by atoms with Gasteiger partial charge in [0.15, 0.2) is 5.69 Å². The first-order valence-corrected chi connectivity index (χ1v) is 8.56. The number of hydrogen-bond donors (Lipinski definition) is 3. The van der Waals surface area contributed by atoms with Crippen LogP contribution in [0.4, 0.5) is 0 Å². The van der Waals surface area contributed by atoms with Gasteiger partial charge in [0.2, 0.25) is 5.91 Å². The van der Waals surface area contributed by atoms with Crippen molar-refractivity contribution in [1.82, 2.24) is 25.7 Å². The third-order valence-electron chi connectivity index (χ3n) is 4.31. The molecule has 1 aliphatic rings. The number of rotatable bonds is 5. The monoisotopic (exact) mass is 371 g/mol. The van der Waals surface area contributed by atoms with Gasteiger partial charge in [-0.15, -0.1) is 0 Å². The fraction of sp³-hybridized carbons (Fsp3) is 0.333. The number of H-pyrrole nitrogens is 1. The third-order valence-corrected chi connectivity index (χ3v) is 4.31. The summed E-state index contributed by atoms with van der Waals surface area (Å²) in [6, 6.07) is 10.6. The molecule has 2 heterocycles. The second-order valence-corrected chi connectivity index (χ2v) is 6.09. The number of ether oxygens (including phenoxy) is 1. The molecule has 1 aromatic heterocycles. The second-order valence-electron chi connectivity index (χ2n) is 6.09. The molecule has 1 atom stereocenters. The van der Waals surface area contributed by atoms with Gasteiger partial charge in [0.05, 0.1) is 19.3 Å². The smallest absolute Gasteiger partial charge is 0.324 e. The molecule has 1 aliphatic heterocycles. The summed E-state index contributed by atoms with van der Waals surface area (Å²) >= 11 is 0. The lowest BCUT2D eigenvalue weighted by Crippen LogP contribution is -2.57. The van der Waals surface area contributed by atoms with Crippen LogP contribution in [0.2, 0.25) is 0 Å². The van der Waals surface area contributed by atoms with Crippen molar-refractivity contribution in [3.8, 4) is 11.3 Å². The molecule has 2 aromatic rings. The lowest BCUT2D eigenvalue weighted by atomic mass is 10.1. The Bertz CT molecular complexity index is 820. The minimum absolute atomic E-state index is 0.166. The molecule has 0 radical (unpaired) electrons. The summed E-state index contributed by atoms with van der Waals surface area (Å²) in [4.78, 5) is 37.7. The first-order valence-electron chi connectivity index (χ1n) is 8.56. The molecule has 3 rings (SSSR count). The average molecular weight is 371 g/mol. The van der Waals surface area contributed by atoms with Crippen molar-refractivity contribution in [2.45, 2.75) is 6.04 Å². The Balaban J connectivity index is 1.54. The van der Waals surface area contributed by atoms with E-state index in [2.05, 4.69) is 20.8 Å². The summed E-state index contributed by atoms with van der Waals surface area (Å²) in [6.07, 6.45) is 0. The van der Waals surface area contributed by atoms with Gasteiger partial charge in [0.1, 0.15) is 6.04 Å². The standard InChI is InChI=1S/C18H21N5O4/c1-27-18(26)15-11-23(8-7-19-15)16(24)10-20-17(25)14-9-13(21-22-14)12-5-3-2-4-6-12/h2-6,9,15,19H,7-8,10-11H2,1H3,(H,20,25)(H,21,22). The van der Waals surface area contributed by atoms with Gasteiger partial charge in [0, 0.05) is 19.6 Å². The molecular formula is C18H21N5O4. The van der Waals surface area contributed by atoms with E-state index in [1.807, 2.05) is 30.3 Å². The summed E-state index contributed by atoms with van der Waals surface area (Å²) in [7, 11) is 1.30. The number of carbonyl (C=O) groups is 3. The van der Waals surface area contributed by atoms with Crippen molar-refractivity contribution in [2.24, 2.45) is 0 Å². The lowest BCUT2D eigenvalue weighted by molar-refractivity contribution is -0.145. The van der Waals surface area contributed by atoms with Gasteiger partial charge in [-0.1, -0.05) is 30.3 Å². The number of hydrogen-bond acceptors (Lipinski definition) is 6. The number of methoxy groups -OCH3 is 1. The molecule has 27 heavy (non-hydrogen) atoms. The minimum Gasteiger partial charge on any atom is -0.468 e. The molecule has 1 aromatic carbocycles. The van der Waals surface area contributed by atoms with Gasteiger partial charge >= 0.3 is 5.97 Å². The Morgan fingerprint density at radius 1 is 1.30 bits per heavy atom. The first kappa shape index (κ1) is 18.6. The predicted molar refractivity (Wildman–Crippen MR) is 96.7 cm³/mol. The molecule has 9 heteroatoms. The fourth-order valence-corrected chi connectivity index (χ4v) is 2.84. The Kier molecular flexibility index (Phi) is 5.82. The number of piperazine rings is 1. The van der Waals surface area contributed by atoms with Crippen LogP contribution < -0.4 is 10.6 Å². The summed E-state index contributed by atoms with van der Waals surface area (Å²) in [5, 5.41) is 12.4. The van der Waals surface area contributed by atoms with Gasteiger partial charge in [0.25, 0.3) is 5.91 Å². The van der Waals surface area contributed by atoms with Crippen LogP contribution in [0.15, 0.2) is 36.4 Å². The Hall–Kier alpha value is -3.20. The van der Waals surface area contributed by atoms with Gasteiger partial charge in [-0.05, 0) is 11.6 Å². The van der Waals surface area contributed by atoms with E-state index in [1.165, 1.54) is 12.0 Å². The lowest BCUT2D eigenvalue weighted by Gasteiger charge is -2.32. The minimum atomic E-state index is -0.553. The molecule has 0 aliphatic carbocycles. The topological polar surface area (TPSA) is 116 Å². The number of nitrogens with zero attached hydrogens (tertiary/aromatic N) is 2. The zero-order valence-corrected chi connectivity index (χ0v) is 14.9. The largest absolute Gasteiger partial charge is 0.468 e. The number of esters is 1. The van der Waals surface area contributed by atoms with Crippen molar-refractivity contribution >= 4 is 17.8 Å². The predicted octanol–water partition coefficient (Wildman–Crippen LogP) is -0.220. The Morgan fingerprint density at radius 3 is 2.81 bits per heavy atom. The highest BCUT2D eigenvalue weighted by Gasteiger charge is 2.28. The third kappa shape index (κ3) is 4.50. The van der Waals surface area contributed by atoms with E-state index in [1.54, 1.807) is 6.07 Å².